The molecule has 0 saturated carbocycles. The topological polar surface area (TPSA) is 41.5 Å². The standard InChI is InChI=1S/C14H23NO2/c1-4-7-15-9-13(16)10-17-14-6-5-11(2)8-12(14)3/h5-6,8,13,15-16H,4,7,9-10H2,1-3H3. The molecule has 1 aromatic carbocycles. The van der Waals surface area contributed by atoms with Gasteiger partial charge in [0.25, 0.3) is 0 Å². The van der Waals surface area contributed by atoms with Gasteiger partial charge in [-0.25, -0.2) is 0 Å². The average molecular weight is 237 g/mol. The summed E-state index contributed by atoms with van der Waals surface area (Å²) >= 11 is 0. The number of hydrogen-bond donors (Lipinski definition) is 2. The van der Waals surface area contributed by atoms with Crippen LogP contribution in [0.1, 0.15) is 24.5 Å². The molecule has 3 heteroatoms. The van der Waals surface area contributed by atoms with Crippen LogP contribution in [-0.2, 0) is 0 Å². The van der Waals surface area contributed by atoms with E-state index >= 15 is 0 Å². The summed E-state index contributed by atoms with van der Waals surface area (Å²) in [6.07, 6.45) is 0.618. The van der Waals surface area contributed by atoms with Crippen LogP contribution in [0.5, 0.6) is 5.75 Å². The Morgan fingerprint density at radius 2 is 2.12 bits per heavy atom. The Bertz CT molecular complexity index is 339. The van der Waals surface area contributed by atoms with Gasteiger partial charge < -0.3 is 15.2 Å². The third-order valence-electron chi connectivity index (χ3n) is 2.57. The Balaban J connectivity index is 2.34. The lowest BCUT2D eigenvalue weighted by Crippen LogP contribution is -2.31. The highest BCUT2D eigenvalue weighted by atomic mass is 16.5. The molecule has 0 spiro atoms. The monoisotopic (exact) mass is 237 g/mol. The predicted octanol–water partition coefficient (Wildman–Crippen LogP) is 2.04. The fraction of sp³-hybridized carbons (Fsp3) is 0.571. The van der Waals surface area contributed by atoms with Crippen LogP contribution in [0.15, 0.2) is 18.2 Å². The van der Waals surface area contributed by atoms with Crippen molar-refractivity contribution in [1.82, 2.24) is 5.32 Å². The quantitative estimate of drug-likeness (QED) is 0.713. The van der Waals surface area contributed by atoms with Gasteiger partial charge in [-0.3, -0.25) is 0 Å². The SMILES string of the molecule is CCCNCC(O)COc1ccc(C)cc1C. The number of nitrogens with one attached hydrogen (secondary N) is 1. The van der Waals surface area contributed by atoms with Crippen LogP contribution < -0.4 is 10.1 Å². The van der Waals surface area contributed by atoms with Crippen molar-refractivity contribution in [2.75, 3.05) is 19.7 Å². The molecule has 1 aromatic rings. The van der Waals surface area contributed by atoms with Gasteiger partial charge in [0, 0.05) is 6.54 Å². The maximum Gasteiger partial charge on any atom is 0.122 e. The van der Waals surface area contributed by atoms with E-state index in [-0.39, 0.29) is 0 Å². The molecule has 1 atom stereocenters. The van der Waals surface area contributed by atoms with E-state index in [1.165, 1.54) is 5.56 Å². The van der Waals surface area contributed by atoms with Gasteiger partial charge >= 0.3 is 0 Å². The highest BCUT2D eigenvalue weighted by Crippen LogP contribution is 2.18. The molecule has 0 aliphatic carbocycles. The summed E-state index contributed by atoms with van der Waals surface area (Å²) in [6.45, 7) is 8.02. The molecular formula is C14H23NO2. The molecule has 96 valence electrons. The second-order valence-electron chi connectivity index (χ2n) is 4.44. The molecule has 0 bridgehead atoms. The molecule has 0 radical (unpaired) electrons. The lowest BCUT2D eigenvalue weighted by molar-refractivity contribution is 0.106. The van der Waals surface area contributed by atoms with Crippen LogP contribution in [-0.4, -0.2) is 30.9 Å². The Morgan fingerprint density at radius 3 is 2.76 bits per heavy atom. The summed E-state index contributed by atoms with van der Waals surface area (Å²) in [5.74, 6) is 0.852. The summed E-state index contributed by atoms with van der Waals surface area (Å²) in [7, 11) is 0. The van der Waals surface area contributed by atoms with Crippen LogP contribution in [0.3, 0.4) is 0 Å². The van der Waals surface area contributed by atoms with Crippen LogP contribution in [0, 0.1) is 13.8 Å². The molecule has 0 amide bonds. The van der Waals surface area contributed by atoms with Crippen molar-refractivity contribution in [3.8, 4) is 5.75 Å². The van der Waals surface area contributed by atoms with E-state index in [0.29, 0.717) is 13.2 Å². The van der Waals surface area contributed by atoms with Gasteiger partial charge in [-0.1, -0.05) is 24.6 Å². The van der Waals surface area contributed by atoms with Crippen molar-refractivity contribution in [1.29, 1.82) is 0 Å². The zero-order chi connectivity index (χ0) is 12.7. The number of benzene rings is 1. The third-order valence-corrected chi connectivity index (χ3v) is 2.57. The van der Waals surface area contributed by atoms with E-state index in [9.17, 15) is 5.11 Å². The zero-order valence-corrected chi connectivity index (χ0v) is 11.0. The van der Waals surface area contributed by atoms with E-state index < -0.39 is 6.10 Å². The van der Waals surface area contributed by atoms with E-state index in [2.05, 4.69) is 25.2 Å². The molecule has 0 aliphatic rings. The summed E-state index contributed by atoms with van der Waals surface area (Å²) in [6, 6.07) is 6.05. The van der Waals surface area contributed by atoms with Gasteiger partial charge in [0.2, 0.25) is 0 Å². The van der Waals surface area contributed by atoms with Crippen LogP contribution in [0.2, 0.25) is 0 Å². The number of aliphatic hydroxyl groups is 1. The van der Waals surface area contributed by atoms with Crippen molar-refractivity contribution in [3.05, 3.63) is 29.3 Å². The first-order chi connectivity index (χ1) is 8.13. The fourth-order valence-electron chi connectivity index (χ4n) is 1.65. The number of aliphatic hydroxyl groups excluding tert-OH is 1. The molecule has 1 unspecified atom stereocenters. The van der Waals surface area contributed by atoms with E-state index in [0.717, 1.165) is 24.3 Å². The van der Waals surface area contributed by atoms with Gasteiger partial charge in [0.05, 0.1) is 0 Å². The molecule has 0 heterocycles. The molecular weight excluding hydrogens is 214 g/mol. The first-order valence-electron chi connectivity index (χ1n) is 6.22. The summed E-state index contributed by atoms with van der Waals surface area (Å²) in [5, 5.41) is 12.9. The molecule has 0 saturated heterocycles. The number of aryl methyl sites for hydroxylation is 2. The van der Waals surface area contributed by atoms with Gasteiger partial charge in [-0.2, -0.15) is 0 Å². The Morgan fingerprint density at radius 1 is 1.35 bits per heavy atom. The van der Waals surface area contributed by atoms with Gasteiger partial charge in [-0.05, 0) is 38.4 Å². The van der Waals surface area contributed by atoms with Gasteiger partial charge in [0.1, 0.15) is 18.5 Å². The summed E-state index contributed by atoms with van der Waals surface area (Å²) in [5.41, 5.74) is 2.33. The number of ether oxygens (including phenoxy) is 1. The van der Waals surface area contributed by atoms with Gasteiger partial charge in [0.15, 0.2) is 0 Å². The second-order valence-corrected chi connectivity index (χ2v) is 4.44. The van der Waals surface area contributed by atoms with Crippen LogP contribution in [0.4, 0.5) is 0 Å². The minimum absolute atomic E-state index is 0.334. The predicted molar refractivity (Wildman–Crippen MR) is 70.6 cm³/mol. The number of rotatable bonds is 7. The smallest absolute Gasteiger partial charge is 0.122 e. The second kappa shape index (κ2) is 7.30. The fourth-order valence-corrected chi connectivity index (χ4v) is 1.65. The van der Waals surface area contributed by atoms with E-state index in [1.54, 1.807) is 0 Å². The average Bonchev–Trinajstić information content (AvgIpc) is 2.28. The molecule has 17 heavy (non-hydrogen) atoms. The molecule has 2 N–H and O–H groups in total. The zero-order valence-electron chi connectivity index (χ0n) is 11.0. The van der Waals surface area contributed by atoms with Crippen molar-refractivity contribution < 1.29 is 9.84 Å². The Hall–Kier alpha value is -1.06. The minimum atomic E-state index is -0.456. The first-order valence-corrected chi connectivity index (χ1v) is 6.22. The van der Waals surface area contributed by atoms with E-state index in [1.807, 2.05) is 19.1 Å². The van der Waals surface area contributed by atoms with Crippen LogP contribution >= 0.6 is 0 Å². The van der Waals surface area contributed by atoms with E-state index in [4.69, 9.17) is 4.74 Å². The molecule has 0 fully saturated rings. The first kappa shape index (κ1) is 14.0. The highest BCUT2D eigenvalue weighted by Gasteiger charge is 2.06. The normalized spacial score (nSPS) is 12.5. The molecule has 0 aromatic heterocycles. The molecule has 0 aliphatic heterocycles. The van der Waals surface area contributed by atoms with Crippen molar-refractivity contribution >= 4 is 0 Å². The van der Waals surface area contributed by atoms with Gasteiger partial charge in [-0.15, -0.1) is 0 Å². The maximum atomic E-state index is 9.70. The lowest BCUT2D eigenvalue weighted by Gasteiger charge is -2.14. The van der Waals surface area contributed by atoms with Crippen molar-refractivity contribution in [3.63, 3.8) is 0 Å². The molecule has 3 nitrogen and oxygen atoms in total. The maximum absolute atomic E-state index is 9.70. The van der Waals surface area contributed by atoms with Crippen LogP contribution in [0.25, 0.3) is 0 Å². The lowest BCUT2D eigenvalue weighted by atomic mass is 10.1. The third kappa shape index (κ3) is 5.20. The molecule has 1 rings (SSSR count). The highest BCUT2D eigenvalue weighted by molar-refractivity contribution is 5.35. The Kier molecular flexibility index (Phi) is 6.01. The number of hydrogen-bond acceptors (Lipinski definition) is 3. The minimum Gasteiger partial charge on any atom is -0.491 e. The largest absolute Gasteiger partial charge is 0.491 e. The Labute approximate surface area is 104 Å². The summed E-state index contributed by atoms with van der Waals surface area (Å²) in [4.78, 5) is 0. The van der Waals surface area contributed by atoms with Crippen molar-refractivity contribution in [2.45, 2.75) is 33.3 Å². The summed E-state index contributed by atoms with van der Waals surface area (Å²) < 4.78 is 5.59. The van der Waals surface area contributed by atoms with Crippen molar-refractivity contribution in [2.24, 2.45) is 0 Å².